The van der Waals surface area contributed by atoms with Crippen molar-refractivity contribution in [3.63, 3.8) is 0 Å². The summed E-state index contributed by atoms with van der Waals surface area (Å²) >= 11 is 0. The van der Waals surface area contributed by atoms with E-state index in [2.05, 4.69) is 36.0 Å². The van der Waals surface area contributed by atoms with Crippen molar-refractivity contribution in [2.75, 3.05) is 14.1 Å². The molecule has 0 saturated carbocycles. The highest BCUT2D eigenvalue weighted by Gasteiger charge is 1.95. The maximum absolute atomic E-state index is 4.20. The van der Waals surface area contributed by atoms with Crippen molar-refractivity contribution in [3.8, 4) is 11.8 Å². The third-order valence-corrected chi connectivity index (χ3v) is 2.50. The quantitative estimate of drug-likeness (QED) is 0.338. The molecule has 2 nitrogen and oxygen atoms in total. The number of allylic oxidation sites excluding steroid dienone is 2. The summed E-state index contributed by atoms with van der Waals surface area (Å²) in [6.07, 6.45) is 7.04. The Bertz CT molecular complexity index is 473. The van der Waals surface area contributed by atoms with Crippen LogP contribution < -0.4 is 0 Å². The van der Waals surface area contributed by atoms with Crippen LogP contribution in [0.2, 0.25) is 0 Å². The third kappa shape index (κ3) is 6.47. The van der Waals surface area contributed by atoms with Crippen LogP contribution in [0.3, 0.4) is 0 Å². The summed E-state index contributed by atoms with van der Waals surface area (Å²) in [4.78, 5) is 0. The molecule has 0 aromatic heterocycles. The fraction of sp³-hybridized carbons (Fsp3) is 0.353. The van der Waals surface area contributed by atoms with Gasteiger partial charge in [0.1, 0.15) is 0 Å². The largest absolute Gasteiger partial charge is 0.303 e. The normalized spacial score (nSPS) is 11.2. The van der Waals surface area contributed by atoms with E-state index in [0.29, 0.717) is 0 Å². The lowest BCUT2D eigenvalue weighted by atomic mass is 10.1. The number of hydrazone groups is 1. The first kappa shape index (κ1) is 15.0. The van der Waals surface area contributed by atoms with E-state index >= 15 is 0 Å². The first-order chi connectivity index (χ1) is 9.24. The van der Waals surface area contributed by atoms with Crippen LogP contribution >= 0.6 is 0 Å². The predicted octanol–water partition coefficient (Wildman–Crippen LogP) is 3.81. The highest BCUT2D eigenvalue weighted by molar-refractivity contribution is 5.91. The summed E-state index contributed by atoms with van der Waals surface area (Å²) in [5, 5.41) is 5.97. The molecule has 100 valence electrons. The average molecular weight is 254 g/mol. The second kappa shape index (κ2) is 8.99. The first-order valence-corrected chi connectivity index (χ1v) is 6.70. The van der Waals surface area contributed by atoms with Crippen LogP contribution in [0.4, 0.5) is 0 Å². The Balaban J connectivity index is 2.87. The van der Waals surface area contributed by atoms with Crippen molar-refractivity contribution in [2.24, 2.45) is 5.10 Å². The van der Waals surface area contributed by atoms with Gasteiger partial charge in [-0.3, -0.25) is 0 Å². The van der Waals surface area contributed by atoms with Gasteiger partial charge in [0.2, 0.25) is 0 Å². The Labute approximate surface area is 116 Å². The van der Waals surface area contributed by atoms with E-state index in [1.807, 2.05) is 38.4 Å². The standard InChI is InChI=1S/C17H22N2/c1-4-5-6-8-13-17(14-15-18-19(2)3)16-11-9-7-10-12-16/h7,9-12,14-15H,4-6H2,1-3H3/b17-14-,18-15+. The molecule has 0 fully saturated rings. The van der Waals surface area contributed by atoms with Crippen molar-refractivity contribution in [1.82, 2.24) is 5.01 Å². The third-order valence-electron chi connectivity index (χ3n) is 2.50. The number of hydrogen-bond donors (Lipinski definition) is 0. The Hall–Kier alpha value is -2.01. The van der Waals surface area contributed by atoms with Crippen LogP contribution in [0.15, 0.2) is 41.5 Å². The van der Waals surface area contributed by atoms with Gasteiger partial charge in [-0.05, 0) is 18.1 Å². The van der Waals surface area contributed by atoms with E-state index in [9.17, 15) is 0 Å². The van der Waals surface area contributed by atoms with Gasteiger partial charge in [0.05, 0.1) is 0 Å². The maximum atomic E-state index is 4.20. The van der Waals surface area contributed by atoms with Crippen LogP contribution in [-0.4, -0.2) is 25.3 Å². The SMILES string of the molecule is CCCCC#C/C(=C/C=N/N(C)C)c1ccccc1. The van der Waals surface area contributed by atoms with Crippen molar-refractivity contribution >= 4 is 11.8 Å². The number of benzene rings is 1. The van der Waals surface area contributed by atoms with Crippen molar-refractivity contribution < 1.29 is 0 Å². The molecule has 0 aliphatic carbocycles. The molecule has 0 N–H and O–H groups in total. The second-order valence-electron chi connectivity index (χ2n) is 4.46. The molecule has 1 aromatic carbocycles. The summed E-state index contributed by atoms with van der Waals surface area (Å²) in [5.41, 5.74) is 2.15. The van der Waals surface area contributed by atoms with E-state index in [1.165, 1.54) is 6.42 Å². The second-order valence-corrected chi connectivity index (χ2v) is 4.46. The minimum atomic E-state index is 0.950. The van der Waals surface area contributed by atoms with E-state index in [4.69, 9.17) is 0 Å². The number of rotatable bonds is 5. The average Bonchev–Trinajstić information content (AvgIpc) is 2.42. The van der Waals surface area contributed by atoms with Gasteiger partial charge in [0.15, 0.2) is 0 Å². The monoisotopic (exact) mass is 254 g/mol. The van der Waals surface area contributed by atoms with Crippen LogP contribution in [0.5, 0.6) is 0 Å². The fourth-order valence-electron chi connectivity index (χ4n) is 1.49. The lowest BCUT2D eigenvalue weighted by Gasteiger charge is -2.01. The van der Waals surface area contributed by atoms with E-state index < -0.39 is 0 Å². The molecule has 0 saturated heterocycles. The van der Waals surface area contributed by atoms with Crippen LogP contribution in [0.1, 0.15) is 31.7 Å². The Morgan fingerprint density at radius 1 is 1.26 bits per heavy atom. The highest BCUT2D eigenvalue weighted by atomic mass is 15.4. The van der Waals surface area contributed by atoms with Gasteiger partial charge in [0.25, 0.3) is 0 Å². The van der Waals surface area contributed by atoms with Gasteiger partial charge in [-0.2, -0.15) is 5.10 Å². The molecule has 0 atom stereocenters. The smallest absolute Gasteiger partial charge is 0.0482 e. The Morgan fingerprint density at radius 2 is 2.00 bits per heavy atom. The maximum Gasteiger partial charge on any atom is 0.0482 e. The Kier molecular flexibility index (Phi) is 7.12. The number of nitrogens with zero attached hydrogens (tertiary/aromatic N) is 2. The van der Waals surface area contributed by atoms with Gasteiger partial charge in [0, 0.05) is 32.3 Å². The zero-order chi connectivity index (χ0) is 13.9. The van der Waals surface area contributed by atoms with Gasteiger partial charge >= 0.3 is 0 Å². The van der Waals surface area contributed by atoms with E-state index in [0.717, 1.165) is 24.0 Å². The lowest BCUT2D eigenvalue weighted by Crippen LogP contribution is -2.00. The van der Waals surface area contributed by atoms with E-state index in [1.54, 1.807) is 11.2 Å². The molecule has 0 radical (unpaired) electrons. The van der Waals surface area contributed by atoms with Gasteiger partial charge in [-0.25, -0.2) is 0 Å². The molecule has 0 amide bonds. The van der Waals surface area contributed by atoms with Crippen LogP contribution in [0.25, 0.3) is 5.57 Å². The summed E-state index contributed by atoms with van der Waals surface area (Å²) in [7, 11) is 3.80. The number of unbranched alkanes of at least 4 members (excludes halogenated alkanes) is 2. The minimum absolute atomic E-state index is 0.950. The molecule has 0 bridgehead atoms. The van der Waals surface area contributed by atoms with Gasteiger partial charge < -0.3 is 5.01 Å². The molecular weight excluding hydrogens is 232 g/mol. The van der Waals surface area contributed by atoms with Crippen LogP contribution in [-0.2, 0) is 0 Å². The lowest BCUT2D eigenvalue weighted by molar-refractivity contribution is 0.440. The van der Waals surface area contributed by atoms with Gasteiger partial charge in [-0.15, -0.1) is 0 Å². The topological polar surface area (TPSA) is 15.6 Å². The predicted molar refractivity (Wildman–Crippen MR) is 83.9 cm³/mol. The number of hydrogen-bond acceptors (Lipinski definition) is 2. The molecule has 0 aliphatic heterocycles. The highest BCUT2D eigenvalue weighted by Crippen LogP contribution is 2.12. The van der Waals surface area contributed by atoms with Crippen molar-refractivity contribution in [3.05, 3.63) is 42.0 Å². The van der Waals surface area contributed by atoms with Gasteiger partial charge in [-0.1, -0.05) is 55.5 Å². The Morgan fingerprint density at radius 3 is 2.63 bits per heavy atom. The van der Waals surface area contributed by atoms with Crippen molar-refractivity contribution in [1.29, 1.82) is 0 Å². The molecule has 1 rings (SSSR count). The molecule has 0 aliphatic rings. The van der Waals surface area contributed by atoms with Crippen molar-refractivity contribution in [2.45, 2.75) is 26.2 Å². The first-order valence-electron chi connectivity index (χ1n) is 6.70. The zero-order valence-corrected chi connectivity index (χ0v) is 12.1. The summed E-state index contributed by atoms with van der Waals surface area (Å²) in [6.45, 7) is 2.18. The molecule has 0 spiro atoms. The fourth-order valence-corrected chi connectivity index (χ4v) is 1.49. The zero-order valence-electron chi connectivity index (χ0n) is 12.1. The molecule has 0 heterocycles. The molecular formula is C17H22N2. The van der Waals surface area contributed by atoms with Crippen LogP contribution in [0, 0.1) is 11.8 Å². The molecule has 1 aromatic rings. The minimum Gasteiger partial charge on any atom is -0.303 e. The molecule has 19 heavy (non-hydrogen) atoms. The molecule has 2 heteroatoms. The summed E-state index contributed by atoms with van der Waals surface area (Å²) in [5.74, 6) is 6.48. The van der Waals surface area contributed by atoms with E-state index in [-0.39, 0.29) is 0 Å². The summed E-state index contributed by atoms with van der Waals surface area (Å²) in [6, 6.07) is 10.2. The molecule has 0 unspecified atom stereocenters. The summed E-state index contributed by atoms with van der Waals surface area (Å²) < 4.78 is 0.